The number of aryl methyl sites for hydroxylation is 1. The molecular formula is C14H16FNO3. The number of nitrogens with zero attached hydrogens (tertiary/aromatic N) is 1. The van der Waals surface area contributed by atoms with Crippen LogP contribution in [0.4, 0.5) is 9.18 Å². The van der Waals surface area contributed by atoms with Crippen LogP contribution >= 0.6 is 0 Å². The van der Waals surface area contributed by atoms with Gasteiger partial charge in [0.05, 0.1) is 0 Å². The molecule has 1 aliphatic heterocycles. The first kappa shape index (κ1) is 13.5. The van der Waals surface area contributed by atoms with Crippen LogP contribution in [-0.2, 0) is 0 Å². The van der Waals surface area contributed by atoms with E-state index < -0.39 is 11.9 Å². The molecule has 1 fully saturated rings. The summed E-state index contributed by atoms with van der Waals surface area (Å²) in [5, 5.41) is 8.96. The summed E-state index contributed by atoms with van der Waals surface area (Å²) in [5.41, 5.74) is 1.08. The minimum absolute atomic E-state index is 0.164. The van der Waals surface area contributed by atoms with Gasteiger partial charge in [-0.2, -0.15) is 0 Å². The maximum Gasteiger partial charge on any atom is 0.407 e. The van der Waals surface area contributed by atoms with Crippen LogP contribution in [0.2, 0.25) is 0 Å². The smallest absolute Gasteiger partial charge is 0.407 e. The van der Waals surface area contributed by atoms with E-state index in [0.29, 0.717) is 24.9 Å². The highest BCUT2D eigenvalue weighted by molar-refractivity contribution is 5.99. The van der Waals surface area contributed by atoms with Gasteiger partial charge in [0, 0.05) is 24.6 Å². The van der Waals surface area contributed by atoms with Crippen LogP contribution in [-0.4, -0.2) is 35.0 Å². The fourth-order valence-electron chi connectivity index (χ4n) is 2.44. The van der Waals surface area contributed by atoms with Crippen LogP contribution < -0.4 is 0 Å². The molecule has 2 rings (SSSR count). The lowest BCUT2D eigenvalue weighted by Crippen LogP contribution is -2.41. The van der Waals surface area contributed by atoms with Crippen molar-refractivity contribution >= 4 is 11.9 Å². The van der Waals surface area contributed by atoms with Crippen molar-refractivity contribution in [1.29, 1.82) is 0 Å². The average molecular weight is 265 g/mol. The van der Waals surface area contributed by atoms with E-state index in [9.17, 15) is 14.0 Å². The molecule has 0 aliphatic carbocycles. The van der Waals surface area contributed by atoms with Crippen molar-refractivity contribution in [3.05, 3.63) is 35.1 Å². The number of benzene rings is 1. The maximum atomic E-state index is 13.2. The molecule has 0 saturated carbocycles. The Morgan fingerprint density at radius 2 is 2.16 bits per heavy atom. The fourth-order valence-corrected chi connectivity index (χ4v) is 2.44. The van der Waals surface area contributed by atoms with E-state index in [1.54, 1.807) is 13.0 Å². The van der Waals surface area contributed by atoms with Gasteiger partial charge in [0.15, 0.2) is 5.78 Å². The molecule has 1 N–H and O–H groups in total. The van der Waals surface area contributed by atoms with E-state index >= 15 is 0 Å². The number of amides is 1. The summed E-state index contributed by atoms with van der Waals surface area (Å²) in [6.45, 7) is 2.41. The van der Waals surface area contributed by atoms with Gasteiger partial charge < -0.3 is 10.0 Å². The molecule has 1 unspecified atom stereocenters. The number of piperidine rings is 1. The molecule has 1 aromatic carbocycles. The lowest BCUT2D eigenvalue weighted by atomic mass is 9.88. The van der Waals surface area contributed by atoms with Gasteiger partial charge in [-0.05, 0) is 37.5 Å². The summed E-state index contributed by atoms with van der Waals surface area (Å²) in [5.74, 6) is -0.979. The second-order valence-electron chi connectivity index (χ2n) is 4.89. The number of rotatable bonds is 2. The van der Waals surface area contributed by atoms with E-state index in [2.05, 4.69) is 0 Å². The molecular weight excluding hydrogens is 249 g/mol. The topological polar surface area (TPSA) is 57.6 Å². The highest BCUT2D eigenvalue weighted by Crippen LogP contribution is 2.23. The molecule has 102 valence electrons. The Morgan fingerprint density at radius 3 is 2.84 bits per heavy atom. The Kier molecular flexibility index (Phi) is 3.83. The second kappa shape index (κ2) is 5.38. The first-order chi connectivity index (χ1) is 8.99. The van der Waals surface area contributed by atoms with Gasteiger partial charge in [-0.3, -0.25) is 4.79 Å². The van der Waals surface area contributed by atoms with Gasteiger partial charge in [-0.25, -0.2) is 9.18 Å². The molecule has 4 nitrogen and oxygen atoms in total. The molecule has 1 atom stereocenters. The number of hydrogen-bond acceptors (Lipinski definition) is 2. The van der Waals surface area contributed by atoms with E-state index in [-0.39, 0.29) is 18.2 Å². The zero-order valence-electron chi connectivity index (χ0n) is 10.7. The standard InChI is InChI=1S/C14H16FNO3/c1-9-4-5-11(15)7-12(9)13(17)10-3-2-6-16(8-10)14(18)19/h4-5,7,10H,2-3,6,8H2,1H3,(H,18,19). The summed E-state index contributed by atoms with van der Waals surface area (Å²) in [6.07, 6.45) is 0.309. The number of carboxylic acid groups (broad SMARTS) is 1. The van der Waals surface area contributed by atoms with Gasteiger partial charge in [0.25, 0.3) is 0 Å². The Balaban J connectivity index is 2.19. The summed E-state index contributed by atoms with van der Waals surface area (Å²) in [7, 11) is 0. The third kappa shape index (κ3) is 2.92. The number of likely N-dealkylation sites (tertiary alicyclic amines) is 1. The van der Waals surface area contributed by atoms with E-state index in [0.717, 1.165) is 5.56 Å². The van der Waals surface area contributed by atoms with Crippen LogP contribution in [0.3, 0.4) is 0 Å². The van der Waals surface area contributed by atoms with Crippen molar-refractivity contribution in [2.45, 2.75) is 19.8 Å². The molecule has 1 aromatic rings. The van der Waals surface area contributed by atoms with Crippen molar-refractivity contribution in [2.24, 2.45) is 5.92 Å². The normalized spacial score (nSPS) is 19.3. The number of Topliss-reactive ketones (excluding diaryl/α,β-unsaturated/α-hetero) is 1. The molecule has 0 bridgehead atoms. The highest BCUT2D eigenvalue weighted by Gasteiger charge is 2.29. The van der Waals surface area contributed by atoms with Gasteiger partial charge in [0.2, 0.25) is 0 Å². The third-order valence-electron chi connectivity index (χ3n) is 3.53. The quantitative estimate of drug-likeness (QED) is 0.836. The summed E-state index contributed by atoms with van der Waals surface area (Å²) in [4.78, 5) is 24.5. The van der Waals surface area contributed by atoms with Crippen molar-refractivity contribution < 1.29 is 19.1 Å². The number of carbonyl (C=O) groups excluding carboxylic acids is 1. The molecule has 0 radical (unpaired) electrons. The van der Waals surface area contributed by atoms with Crippen molar-refractivity contribution in [2.75, 3.05) is 13.1 Å². The first-order valence-electron chi connectivity index (χ1n) is 6.27. The number of halogens is 1. The maximum absolute atomic E-state index is 13.2. The van der Waals surface area contributed by atoms with E-state index in [1.165, 1.54) is 17.0 Å². The minimum atomic E-state index is -1.01. The van der Waals surface area contributed by atoms with Crippen LogP contribution in [0.25, 0.3) is 0 Å². The lowest BCUT2D eigenvalue weighted by Gasteiger charge is -2.30. The van der Waals surface area contributed by atoms with E-state index in [1.807, 2.05) is 0 Å². The van der Waals surface area contributed by atoms with Gasteiger partial charge in [-0.15, -0.1) is 0 Å². The Labute approximate surface area is 110 Å². The van der Waals surface area contributed by atoms with Crippen molar-refractivity contribution in [3.8, 4) is 0 Å². The summed E-state index contributed by atoms with van der Waals surface area (Å²) in [6, 6.07) is 4.12. The molecule has 0 spiro atoms. The summed E-state index contributed by atoms with van der Waals surface area (Å²) < 4.78 is 13.2. The number of carbonyl (C=O) groups is 2. The predicted octanol–water partition coefficient (Wildman–Crippen LogP) is 2.71. The van der Waals surface area contributed by atoms with Crippen LogP contribution in [0.1, 0.15) is 28.8 Å². The van der Waals surface area contributed by atoms with Crippen LogP contribution in [0, 0.1) is 18.7 Å². The molecule has 19 heavy (non-hydrogen) atoms. The van der Waals surface area contributed by atoms with Gasteiger partial charge in [-0.1, -0.05) is 6.07 Å². The monoisotopic (exact) mass is 265 g/mol. The molecule has 1 aliphatic rings. The Morgan fingerprint density at radius 1 is 1.42 bits per heavy atom. The van der Waals surface area contributed by atoms with Gasteiger partial charge in [0.1, 0.15) is 5.82 Å². The van der Waals surface area contributed by atoms with Gasteiger partial charge >= 0.3 is 6.09 Å². The minimum Gasteiger partial charge on any atom is -0.465 e. The Bertz CT molecular complexity index is 515. The first-order valence-corrected chi connectivity index (χ1v) is 6.27. The Hall–Kier alpha value is -1.91. The molecule has 0 aromatic heterocycles. The molecule has 1 saturated heterocycles. The zero-order valence-corrected chi connectivity index (χ0v) is 10.7. The average Bonchev–Trinajstić information content (AvgIpc) is 2.41. The van der Waals surface area contributed by atoms with E-state index in [4.69, 9.17) is 5.11 Å². The number of hydrogen-bond donors (Lipinski definition) is 1. The van der Waals surface area contributed by atoms with Crippen molar-refractivity contribution in [1.82, 2.24) is 4.90 Å². The lowest BCUT2D eigenvalue weighted by molar-refractivity contribution is 0.0805. The molecule has 1 amide bonds. The van der Waals surface area contributed by atoms with Crippen LogP contribution in [0.15, 0.2) is 18.2 Å². The predicted molar refractivity (Wildman–Crippen MR) is 67.8 cm³/mol. The molecule has 1 heterocycles. The number of ketones is 1. The van der Waals surface area contributed by atoms with Crippen LogP contribution in [0.5, 0.6) is 0 Å². The SMILES string of the molecule is Cc1ccc(F)cc1C(=O)C1CCCN(C(=O)O)C1. The van der Waals surface area contributed by atoms with Crippen molar-refractivity contribution in [3.63, 3.8) is 0 Å². The third-order valence-corrected chi connectivity index (χ3v) is 3.53. The fraction of sp³-hybridized carbons (Fsp3) is 0.429. The summed E-state index contributed by atoms with van der Waals surface area (Å²) >= 11 is 0. The zero-order chi connectivity index (χ0) is 14.0. The molecule has 5 heteroatoms. The highest BCUT2D eigenvalue weighted by atomic mass is 19.1. The largest absolute Gasteiger partial charge is 0.465 e. The second-order valence-corrected chi connectivity index (χ2v) is 4.89.